The zero-order valence-electron chi connectivity index (χ0n) is 13.2. The summed E-state index contributed by atoms with van der Waals surface area (Å²) in [4.78, 5) is 6.20. The molecular formula is C15H23F3N4. The van der Waals surface area contributed by atoms with Crippen LogP contribution in [0.2, 0.25) is 0 Å². The van der Waals surface area contributed by atoms with Crippen LogP contribution in [0, 0.1) is 0 Å². The van der Waals surface area contributed by atoms with E-state index in [1.165, 1.54) is 6.07 Å². The Bertz CT molecular complexity index is 486. The second kappa shape index (κ2) is 8.63. The van der Waals surface area contributed by atoms with Crippen molar-refractivity contribution in [3.8, 4) is 0 Å². The summed E-state index contributed by atoms with van der Waals surface area (Å²) in [5.74, 6) is 0.571. The first-order chi connectivity index (χ1) is 10.4. The maximum Gasteiger partial charge on any atom is 0.416 e. The first kappa shape index (κ1) is 18.3. The van der Waals surface area contributed by atoms with E-state index >= 15 is 0 Å². The van der Waals surface area contributed by atoms with Gasteiger partial charge < -0.3 is 15.5 Å². The van der Waals surface area contributed by atoms with Gasteiger partial charge in [0, 0.05) is 26.7 Å². The maximum absolute atomic E-state index is 12.6. The monoisotopic (exact) mass is 316 g/mol. The van der Waals surface area contributed by atoms with E-state index < -0.39 is 11.7 Å². The van der Waals surface area contributed by atoms with Gasteiger partial charge in [0.05, 0.1) is 5.56 Å². The molecule has 1 aromatic carbocycles. The Hall–Kier alpha value is -1.76. The van der Waals surface area contributed by atoms with E-state index in [1.54, 1.807) is 13.1 Å². The van der Waals surface area contributed by atoms with Gasteiger partial charge in [0.15, 0.2) is 5.96 Å². The number of likely N-dealkylation sites (N-methyl/N-ethyl adjacent to an activating group) is 1. The van der Waals surface area contributed by atoms with E-state index in [2.05, 4.69) is 27.4 Å². The van der Waals surface area contributed by atoms with Crippen molar-refractivity contribution in [3.05, 3.63) is 35.4 Å². The molecule has 0 bridgehead atoms. The summed E-state index contributed by atoms with van der Waals surface area (Å²) in [5, 5.41) is 6.13. The summed E-state index contributed by atoms with van der Waals surface area (Å²) in [6, 6.07) is 5.27. The molecule has 0 fully saturated rings. The van der Waals surface area contributed by atoms with E-state index in [1.807, 2.05) is 7.05 Å². The Balaban J connectivity index is 2.50. The van der Waals surface area contributed by atoms with Crippen LogP contribution in [0.3, 0.4) is 0 Å². The highest BCUT2D eigenvalue weighted by Gasteiger charge is 2.30. The normalized spacial score (nSPS) is 12.6. The third kappa shape index (κ3) is 6.34. The fourth-order valence-electron chi connectivity index (χ4n) is 1.79. The fourth-order valence-corrected chi connectivity index (χ4v) is 1.79. The van der Waals surface area contributed by atoms with Gasteiger partial charge in [-0.2, -0.15) is 13.2 Å². The lowest BCUT2D eigenvalue weighted by molar-refractivity contribution is -0.137. The van der Waals surface area contributed by atoms with Gasteiger partial charge in [-0.1, -0.05) is 19.1 Å². The number of guanidine groups is 1. The molecule has 0 aromatic heterocycles. The molecule has 0 amide bonds. The number of aliphatic imine (C=N–C) groups is 1. The van der Waals surface area contributed by atoms with Crippen molar-refractivity contribution in [2.24, 2.45) is 4.99 Å². The van der Waals surface area contributed by atoms with Crippen LogP contribution in [0.5, 0.6) is 0 Å². The Morgan fingerprint density at radius 1 is 1.27 bits per heavy atom. The van der Waals surface area contributed by atoms with Crippen LogP contribution < -0.4 is 10.6 Å². The number of benzene rings is 1. The number of rotatable bonds is 6. The smallest absolute Gasteiger partial charge is 0.355 e. The Labute approximate surface area is 129 Å². The minimum absolute atomic E-state index is 0.285. The largest absolute Gasteiger partial charge is 0.416 e. The van der Waals surface area contributed by atoms with Gasteiger partial charge in [0.2, 0.25) is 0 Å². The number of hydrogen-bond acceptors (Lipinski definition) is 2. The Morgan fingerprint density at radius 3 is 2.59 bits per heavy atom. The Morgan fingerprint density at radius 2 is 2.00 bits per heavy atom. The summed E-state index contributed by atoms with van der Waals surface area (Å²) in [6.07, 6.45) is -4.32. The molecule has 0 aliphatic carbocycles. The number of alkyl halides is 3. The molecule has 0 heterocycles. The van der Waals surface area contributed by atoms with Gasteiger partial charge in [-0.15, -0.1) is 0 Å². The van der Waals surface area contributed by atoms with Gasteiger partial charge >= 0.3 is 6.18 Å². The standard InChI is InChI=1S/C15H23F3N4/c1-4-22(3)9-8-20-14(19-2)21-11-12-6-5-7-13(10-12)15(16,17)18/h5-7,10H,4,8-9,11H2,1-3H3,(H2,19,20,21). The molecule has 0 aliphatic heterocycles. The minimum Gasteiger partial charge on any atom is -0.355 e. The van der Waals surface area contributed by atoms with Crippen molar-refractivity contribution in [2.45, 2.75) is 19.6 Å². The zero-order valence-corrected chi connectivity index (χ0v) is 13.2. The van der Waals surface area contributed by atoms with Crippen molar-refractivity contribution in [2.75, 3.05) is 33.7 Å². The lowest BCUT2D eigenvalue weighted by Gasteiger charge is -2.16. The molecule has 4 nitrogen and oxygen atoms in total. The molecule has 0 spiro atoms. The summed E-state index contributed by atoms with van der Waals surface area (Å²) >= 11 is 0. The second-order valence-corrected chi connectivity index (χ2v) is 4.95. The third-order valence-corrected chi connectivity index (χ3v) is 3.26. The molecule has 0 unspecified atom stereocenters. The number of nitrogens with one attached hydrogen (secondary N) is 2. The van der Waals surface area contributed by atoms with E-state index in [4.69, 9.17) is 0 Å². The summed E-state index contributed by atoms with van der Waals surface area (Å²) < 4.78 is 37.9. The van der Waals surface area contributed by atoms with Crippen molar-refractivity contribution >= 4 is 5.96 Å². The summed E-state index contributed by atoms with van der Waals surface area (Å²) in [6.45, 7) is 4.89. The fraction of sp³-hybridized carbons (Fsp3) is 0.533. The molecule has 1 aromatic rings. The molecule has 2 N–H and O–H groups in total. The first-order valence-electron chi connectivity index (χ1n) is 7.16. The van der Waals surface area contributed by atoms with Gasteiger partial charge in [-0.05, 0) is 31.3 Å². The second-order valence-electron chi connectivity index (χ2n) is 4.95. The SMILES string of the molecule is CCN(C)CCNC(=NC)NCc1cccc(C(F)(F)F)c1. The molecular weight excluding hydrogens is 293 g/mol. The summed E-state index contributed by atoms with van der Waals surface area (Å²) in [5.41, 5.74) is -0.0808. The molecule has 0 saturated heterocycles. The van der Waals surface area contributed by atoms with Crippen LogP contribution in [0.4, 0.5) is 13.2 Å². The van der Waals surface area contributed by atoms with Crippen molar-refractivity contribution < 1.29 is 13.2 Å². The third-order valence-electron chi connectivity index (χ3n) is 3.26. The predicted molar refractivity (Wildman–Crippen MR) is 82.8 cm³/mol. The van der Waals surface area contributed by atoms with Crippen LogP contribution in [0.15, 0.2) is 29.3 Å². The predicted octanol–water partition coefficient (Wildman–Crippen LogP) is 2.32. The highest BCUT2D eigenvalue weighted by atomic mass is 19.4. The van der Waals surface area contributed by atoms with E-state index in [0.717, 1.165) is 25.2 Å². The molecule has 22 heavy (non-hydrogen) atoms. The van der Waals surface area contributed by atoms with E-state index in [9.17, 15) is 13.2 Å². The molecule has 1 rings (SSSR count). The van der Waals surface area contributed by atoms with Crippen LogP contribution in [0.25, 0.3) is 0 Å². The van der Waals surface area contributed by atoms with Gasteiger partial charge in [0.1, 0.15) is 0 Å². The lowest BCUT2D eigenvalue weighted by Crippen LogP contribution is -2.40. The summed E-state index contributed by atoms with van der Waals surface area (Å²) in [7, 11) is 3.64. The van der Waals surface area contributed by atoms with Gasteiger partial charge in [0.25, 0.3) is 0 Å². The average Bonchev–Trinajstić information content (AvgIpc) is 2.49. The van der Waals surface area contributed by atoms with Crippen molar-refractivity contribution in [1.29, 1.82) is 0 Å². The number of hydrogen-bond donors (Lipinski definition) is 2. The number of halogens is 3. The minimum atomic E-state index is -4.32. The average molecular weight is 316 g/mol. The topological polar surface area (TPSA) is 39.7 Å². The Kier molecular flexibility index (Phi) is 7.17. The van der Waals surface area contributed by atoms with Gasteiger partial charge in [-0.25, -0.2) is 0 Å². The van der Waals surface area contributed by atoms with Crippen molar-refractivity contribution in [3.63, 3.8) is 0 Å². The van der Waals surface area contributed by atoms with Gasteiger partial charge in [-0.3, -0.25) is 4.99 Å². The van der Waals surface area contributed by atoms with Crippen LogP contribution in [-0.2, 0) is 12.7 Å². The zero-order chi connectivity index (χ0) is 16.6. The van der Waals surface area contributed by atoms with E-state index in [0.29, 0.717) is 18.1 Å². The van der Waals surface area contributed by atoms with Crippen molar-refractivity contribution in [1.82, 2.24) is 15.5 Å². The maximum atomic E-state index is 12.6. The highest BCUT2D eigenvalue weighted by Crippen LogP contribution is 2.29. The van der Waals surface area contributed by atoms with Crippen LogP contribution in [-0.4, -0.2) is 44.6 Å². The molecule has 0 saturated carbocycles. The molecule has 7 heteroatoms. The quantitative estimate of drug-likeness (QED) is 0.625. The molecule has 0 radical (unpaired) electrons. The lowest BCUT2D eigenvalue weighted by atomic mass is 10.1. The highest BCUT2D eigenvalue weighted by molar-refractivity contribution is 5.79. The molecule has 0 atom stereocenters. The van der Waals surface area contributed by atoms with E-state index in [-0.39, 0.29) is 6.54 Å². The first-order valence-corrected chi connectivity index (χ1v) is 7.16. The molecule has 0 aliphatic rings. The number of nitrogens with zero attached hydrogens (tertiary/aromatic N) is 2. The van der Waals surface area contributed by atoms with Crippen LogP contribution in [0.1, 0.15) is 18.1 Å². The molecule has 124 valence electrons. The van der Waals surface area contributed by atoms with Crippen LogP contribution >= 0.6 is 0 Å².